The van der Waals surface area contributed by atoms with Crippen molar-refractivity contribution in [3.05, 3.63) is 10.9 Å². The largest absolute Gasteiger partial charge is 0.389 e. The molecule has 10 heteroatoms. The molecular formula is C6H11N3O4S3. The van der Waals surface area contributed by atoms with E-state index in [0.717, 1.165) is 17.6 Å². The van der Waals surface area contributed by atoms with Crippen LogP contribution in [-0.2, 0) is 26.6 Å². The van der Waals surface area contributed by atoms with Crippen LogP contribution < -0.4 is 15.6 Å². The van der Waals surface area contributed by atoms with Gasteiger partial charge in [-0.3, -0.25) is 0 Å². The van der Waals surface area contributed by atoms with E-state index in [1.807, 2.05) is 0 Å². The molecule has 0 spiro atoms. The van der Waals surface area contributed by atoms with Crippen LogP contribution in [0, 0.1) is 0 Å². The summed E-state index contributed by atoms with van der Waals surface area (Å²) in [6.07, 6.45) is 0.972. The number of nitrogens with two attached hydrogens (primary N) is 2. The van der Waals surface area contributed by atoms with Gasteiger partial charge in [0.1, 0.15) is 9.90 Å². The van der Waals surface area contributed by atoms with E-state index in [4.69, 9.17) is 10.9 Å². The Kier molecular flexibility index (Phi) is 3.59. The SMILES string of the molecule is CS(=O)(=O)NCc1csc(N)c1S(N)(=O)=O. The van der Waals surface area contributed by atoms with E-state index < -0.39 is 20.0 Å². The summed E-state index contributed by atoms with van der Waals surface area (Å²) in [5, 5.41) is 6.46. The van der Waals surface area contributed by atoms with Crippen LogP contribution in [0.5, 0.6) is 0 Å². The van der Waals surface area contributed by atoms with Gasteiger partial charge in [0.15, 0.2) is 0 Å². The van der Waals surface area contributed by atoms with E-state index >= 15 is 0 Å². The van der Waals surface area contributed by atoms with Gasteiger partial charge in [-0.05, 0) is 10.9 Å². The van der Waals surface area contributed by atoms with Gasteiger partial charge in [0.25, 0.3) is 0 Å². The van der Waals surface area contributed by atoms with Crippen molar-refractivity contribution in [1.29, 1.82) is 0 Å². The van der Waals surface area contributed by atoms with Crippen molar-refractivity contribution in [1.82, 2.24) is 4.72 Å². The maximum Gasteiger partial charge on any atom is 0.241 e. The van der Waals surface area contributed by atoms with Gasteiger partial charge in [-0.1, -0.05) is 0 Å². The predicted octanol–water partition coefficient (Wildman–Crippen LogP) is -0.973. The molecule has 0 aliphatic heterocycles. The van der Waals surface area contributed by atoms with Crippen molar-refractivity contribution < 1.29 is 16.8 Å². The zero-order valence-corrected chi connectivity index (χ0v) is 10.7. The van der Waals surface area contributed by atoms with Crippen molar-refractivity contribution in [2.45, 2.75) is 11.4 Å². The molecule has 1 heterocycles. The third-order valence-corrected chi connectivity index (χ3v) is 4.36. The van der Waals surface area contributed by atoms with Gasteiger partial charge in [-0.2, -0.15) is 0 Å². The maximum atomic E-state index is 11.2. The second-order valence-corrected chi connectivity index (χ2v) is 7.34. The average Bonchev–Trinajstić information content (AvgIpc) is 2.41. The molecule has 92 valence electrons. The molecule has 0 radical (unpaired) electrons. The molecule has 0 aliphatic carbocycles. The van der Waals surface area contributed by atoms with Crippen LogP contribution in [0.25, 0.3) is 0 Å². The van der Waals surface area contributed by atoms with Gasteiger partial charge in [-0.15, -0.1) is 11.3 Å². The molecule has 5 N–H and O–H groups in total. The lowest BCUT2D eigenvalue weighted by molar-refractivity contribution is 0.584. The fourth-order valence-electron chi connectivity index (χ4n) is 1.05. The van der Waals surface area contributed by atoms with Gasteiger partial charge in [-0.25, -0.2) is 26.7 Å². The highest BCUT2D eigenvalue weighted by Gasteiger charge is 2.20. The number of hydrogen-bond acceptors (Lipinski definition) is 6. The molecule has 0 unspecified atom stereocenters. The number of thiophene rings is 1. The Bertz CT molecular complexity index is 587. The van der Waals surface area contributed by atoms with E-state index in [-0.39, 0.29) is 22.0 Å². The van der Waals surface area contributed by atoms with Crippen LogP contribution in [0.2, 0.25) is 0 Å². The molecular weight excluding hydrogens is 274 g/mol. The number of anilines is 1. The number of nitrogens with one attached hydrogen (secondary N) is 1. The zero-order chi connectivity index (χ0) is 12.6. The highest BCUT2D eigenvalue weighted by molar-refractivity contribution is 7.89. The minimum absolute atomic E-state index is 0.0489. The minimum atomic E-state index is -3.94. The lowest BCUT2D eigenvalue weighted by Crippen LogP contribution is -2.23. The monoisotopic (exact) mass is 285 g/mol. The molecule has 0 atom stereocenters. The molecule has 0 saturated carbocycles. The standard InChI is InChI=1S/C6H11N3O4S3/c1-15(10,11)9-2-4-3-14-6(7)5(4)16(8,12)13/h3,9H,2,7H2,1H3,(H2,8,12,13). The molecule has 0 amide bonds. The second-order valence-electron chi connectivity index (χ2n) is 3.09. The fraction of sp³-hybridized carbons (Fsp3) is 0.333. The van der Waals surface area contributed by atoms with Crippen molar-refractivity contribution in [2.24, 2.45) is 5.14 Å². The van der Waals surface area contributed by atoms with Crippen LogP contribution in [0.4, 0.5) is 5.00 Å². The van der Waals surface area contributed by atoms with Gasteiger partial charge in [0.05, 0.1) is 6.26 Å². The van der Waals surface area contributed by atoms with Crippen molar-refractivity contribution in [3.63, 3.8) is 0 Å². The average molecular weight is 285 g/mol. The molecule has 7 nitrogen and oxygen atoms in total. The normalized spacial score (nSPS) is 12.9. The second kappa shape index (κ2) is 4.30. The summed E-state index contributed by atoms with van der Waals surface area (Å²) in [6, 6.07) is 0. The Morgan fingerprint density at radius 1 is 1.38 bits per heavy atom. The van der Waals surface area contributed by atoms with Gasteiger partial charge >= 0.3 is 0 Å². The summed E-state index contributed by atoms with van der Waals surface area (Å²) in [5.74, 6) is 0. The molecule has 0 bridgehead atoms. The number of nitrogen functional groups attached to an aromatic ring is 1. The van der Waals surface area contributed by atoms with Crippen LogP contribution in [-0.4, -0.2) is 23.1 Å². The molecule has 0 fully saturated rings. The highest BCUT2D eigenvalue weighted by Crippen LogP contribution is 2.28. The van der Waals surface area contributed by atoms with Crippen LogP contribution in [0.1, 0.15) is 5.56 Å². The fourth-order valence-corrected chi connectivity index (χ4v) is 3.52. The van der Waals surface area contributed by atoms with E-state index in [0.29, 0.717) is 0 Å². The van der Waals surface area contributed by atoms with Crippen molar-refractivity contribution in [2.75, 3.05) is 12.0 Å². The Morgan fingerprint density at radius 2 is 1.94 bits per heavy atom. The van der Waals surface area contributed by atoms with E-state index in [1.165, 1.54) is 5.38 Å². The zero-order valence-electron chi connectivity index (χ0n) is 8.30. The Balaban J connectivity index is 3.08. The Labute approximate surface area is 97.6 Å². The summed E-state index contributed by atoms with van der Waals surface area (Å²) in [5.41, 5.74) is 5.69. The molecule has 0 aromatic carbocycles. The van der Waals surface area contributed by atoms with Crippen LogP contribution in [0.3, 0.4) is 0 Å². The van der Waals surface area contributed by atoms with E-state index in [2.05, 4.69) is 4.72 Å². The van der Waals surface area contributed by atoms with Gasteiger partial charge < -0.3 is 5.73 Å². The lowest BCUT2D eigenvalue weighted by atomic mass is 10.3. The maximum absolute atomic E-state index is 11.2. The summed E-state index contributed by atoms with van der Waals surface area (Å²) in [6.45, 7) is -0.154. The third kappa shape index (κ3) is 3.42. The quantitative estimate of drug-likeness (QED) is 0.654. The topological polar surface area (TPSA) is 132 Å². The molecule has 0 aliphatic rings. The highest BCUT2D eigenvalue weighted by atomic mass is 32.2. The summed E-state index contributed by atoms with van der Waals surface area (Å²) < 4.78 is 46.2. The van der Waals surface area contributed by atoms with Gasteiger partial charge in [0.2, 0.25) is 20.0 Å². The smallest absolute Gasteiger partial charge is 0.241 e. The van der Waals surface area contributed by atoms with E-state index in [9.17, 15) is 16.8 Å². The number of hydrogen-bond donors (Lipinski definition) is 3. The Morgan fingerprint density at radius 3 is 2.38 bits per heavy atom. The first-order valence-electron chi connectivity index (χ1n) is 3.94. The first-order chi connectivity index (χ1) is 7.11. The first-order valence-corrected chi connectivity index (χ1v) is 8.26. The van der Waals surface area contributed by atoms with Crippen LogP contribution in [0.15, 0.2) is 10.3 Å². The third-order valence-electron chi connectivity index (χ3n) is 1.65. The number of sulfonamides is 2. The van der Waals surface area contributed by atoms with Crippen LogP contribution >= 0.6 is 11.3 Å². The predicted molar refractivity (Wildman–Crippen MR) is 61.8 cm³/mol. The van der Waals surface area contributed by atoms with Crippen molar-refractivity contribution in [3.8, 4) is 0 Å². The minimum Gasteiger partial charge on any atom is -0.389 e. The molecule has 0 saturated heterocycles. The van der Waals surface area contributed by atoms with Crippen molar-refractivity contribution >= 4 is 36.4 Å². The molecule has 1 rings (SSSR count). The molecule has 1 aromatic heterocycles. The summed E-state index contributed by atoms with van der Waals surface area (Å²) in [4.78, 5) is -0.214. The summed E-state index contributed by atoms with van der Waals surface area (Å²) in [7, 11) is -7.34. The van der Waals surface area contributed by atoms with E-state index in [1.54, 1.807) is 0 Å². The molecule has 16 heavy (non-hydrogen) atoms. The summed E-state index contributed by atoms with van der Waals surface area (Å²) >= 11 is 0.992. The number of rotatable bonds is 4. The van der Waals surface area contributed by atoms with Gasteiger partial charge in [0, 0.05) is 6.54 Å². The lowest BCUT2D eigenvalue weighted by Gasteiger charge is -2.03. The molecule has 1 aromatic rings. The first kappa shape index (κ1) is 13.4. The number of primary sulfonamides is 1. The Hall–Kier alpha value is -0.680.